The SMILES string of the molecule is O=C1CC(C(=O)N(CC2CCCO2)c2nc3ccc(F)cc3s2)CN1c1ccc(F)cc1. The van der Waals surface area contributed by atoms with Gasteiger partial charge in [0.1, 0.15) is 11.6 Å². The number of hydrogen-bond acceptors (Lipinski definition) is 5. The number of amides is 2. The maximum atomic E-state index is 13.7. The van der Waals surface area contributed by atoms with Crippen LogP contribution in [0.15, 0.2) is 42.5 Å². The van der Waals surface area contributed by atoms with Gasteiger partial charge in [-0.05, 0) is 55.3 Å². The van der Waals surface area contributed by atoms with Gasteiger partial charge in [0, 0.05) is 25.3 Å². The highest BCUT2D eigenvalue weighted by atomic mass is 32.1. The number of fused-ring (bicyclic) bond motifs is 1. The van der Waals surface area contributed by atoms with E-state index in [4.69, 9.17) is 4.74 Å². The van der Waals surface area contributed by atoms with Gasteiger partial charge in [0.25, 0.3) is 0 Å². The number of hydrogen-bond donors (Lipinski definition) is 0. The minimum Gasteiger partial charge on any atom is -0.376 e. The first-order chi connectivity index (χ1) is 15.5. The summed E-state index contributed by atoms with van der Waals surface area (Å²) < 4.78 is 33.3. The summed E-state index contributed by atoms with van der Waals surface area (Å²) in [6, 6.07) is 9.99. The van der Waals surface area contributed by atoms with Gasteiger partial charge in [-0.25, -0.2) is 13.8 Å². The molecule has 1 aromatic heterocycles. The summed E-state index contributed by atoms with van der Waals surface area (Å²) in [6.07, 6.45) is 1.73. The van der Waals surface area contributed by atoms with Gasteiger partial charge < -0.3 is 9.64 Å². The molecular weight excluding hydrogens is 436 g/mol. The van der Waals surface area contributed by atoms with Gasteiger partial charge in [-0.15, -0.1) is 0 Å². The van der Waals surface area contributed by atoms with E-state index in [1.54, 1.807) is 11.0 Å². The number of benzene rings is 2. The maximum absolute atomic E-state index is 13.7. The molecular formula is C23H21F2N3O3S. The molecule has 0 spiro atoms. The van der Waals surface area contributed by atoms with Gasteiger partial charge in [0.05, 0.1) is 28.8 Å². The molecule has 5 rings (SSSR count). The van der Waals surface area contributed by atoms with Crippen LogP contribution < -0.4 is 9.80 Å². The monoisotopic (exact) mass is 457 g/mol. The predicted octanol–water partition coefficient (Wildman–Crippen LogP) is 4.14. The van der Waals surface area contributed by atoms with Crippen molar-refractivity contribution in [3.63, 3.8) is 0 Å². The van der Waals surface area contributed by atoms with Crippen LogP contribution in [0.4, 0.5) is 19.6 Å². The van der Waals surface area contributed by atoms with E-state index >= 15 is 0 Å². The Labute approximate surface area is 187 Å². The van der Waals surface area contributed by atoms with Crippen molar-refractivity contribution in [2.75, 3.05) is 29.5 Å². The Bertz CT molecular complexity index is 1160. The molecule has 0 saturated carbocycles. The average molecular weight is 458 g/mol. The van der Waals surface area contributed by atoms with Crippen molar-refractivity contribution in [2.24, 2.45) is 5.92 Å². The maximum Gasteiger partial charge on any atom is 0.234 e. The minimum atomic E-state index is -0.558. The molecule has 3 aromatic rings. The van der Waals surface area contributed by atoms with Crippen molar-refractivity contribution in [1.82, 2.24) is 4.98 Å². The van der Waals surface area contributed by atoms with E-state index in [2.05, 4.69) is 4.98 Å². The molecule has 9 heteroatoms. The van der Waals surface area contributed by atoms with Crippen LogP contribution in [0.5, 0.6) is 0 Å². The van der Waals surface area contributed by atoms with Crippen molar-refractivity contribution >= 4 is 44.2 Å². The van der Waals surface area contributed by atoms with Gasteiger partial charge in [-0.2, -0.15) is 0 Å². The first-order valence-electron chi connectivity index (χ1n) is 10.5. The van der Waals surface area contributed by atoms with Crippen LogP contribution in [0.2, 0.25) is 0 Å². The molecule has 0 N–H and O–H groups in total. The molecule has 0 radical (unpaired) electrons. The zero-order valence-electron chi connectivity index (χ0n) is 17.2. The summed E-state index contributed by atoms with van der Waals surface area (Å²) in [5.41, 5.74) is 1.18. The molecule has 0 aliphatic carbocycles. The Morgan fingerprint density at radius 1 is 1.19 bits per heavy atom. The second kappa shape index (κ2) is 8.55. The topological polar surface area (TPSA) is 62.7 Å². The Balaban J connectivity index is 1.42. The Kier molecular flexibility index (Phi) is 5.60. The number of nitrogens with zero attached hydrogens (tertiary/aromatic N) is 3. The van der Waals surface area contributed by atoms with Gasteiger partial charge >= 0.3 is 0 Å². The highest BCUT2D eigenvalue weighted by Gasteiger charge is 2.39. The predicted molar refractivity (Wildman–Crippen MR) is 118 cm³/mol. The molecule has 2 aromatic carbocycles. The third kappa shape index (κ3) is 4.10. The van der Waals surface area contributed by atoms with Gasteiger partial charge in [0.15, 0.2) is 5.13 Å². The molecule has 2 fully saturated rings. The molecule has 2 unspecified atom stereocenters. The number of ether oxygens (including phenoxy) is 1. The fourth-order valence-electron chi connectivity index (χ4n) is 4.22. The van der Waals surface area contributed by atoms with Crippen LogP contribution in [0.3, 0.4) is 0 Å². The van der Waals surface area contributed by atoms with Gasteiger partial charge in [-0.3, -0.25) is 14.5 Å². The normalized spacial score (nSPS) is 20.9. The van der Waals surface area contributed by atoms with Crippen molar-refractivity contribution in [3.05, 3.63) is 54.1 Å². The number of rotatable bonds is 5. The zero-order valence-corrected chi connectivity index (χ0v) is 18.0. The standard InChI is InChI=1S/C23H21F2N3O3S/c24-15-3-6-17(7-4-15)27-12-14(10-21(27)29)22(30)28(13-18-2-1-9-31-18)23-26-19-8-5-16(25)11-20(19)32-23/h3-8,11,14,18H,1-2,9-10,12-13H2. The van der Waals surface area contributed by atoms with E-state index in [0.29, 0.717) is 34.2 Å². The van der Waals surface area contributed by atoms with Crippen LogP contribution in [0.1, 0.15) is 19.3 Å². The van der Waals surface area contributed by atoms with E-state index in [-0.39, 0.29) is 42.5 Å². The number of carbonyl (C=O) groups is 2. The Hall–Kier alpha value is -2.91. The van der Waals surface area contributed by atoms with E-state index in [1.165, 1.54) is 52.6 Å². The number of carbonyl (C=O) groups excluding carboxylic acids is 2. The van der Waals surface area contributed by atoms with Crippen LogP contribution in [0.25, 0.3) is 10.2 Å². The third-order valence-electron chi connectivity index (χ3n) is 5.86. The molecule has 166 valence electrons. The summed E-state index contributed by atoms with van der Waals surface area (Å²) >= 11 is 1.25. The molecule has 32 heavy (non-hydrogen) atoms. The van der Waals surface area contributed by atoms with E-state index in [0.717, 1.165) is 12.8 Å². The highest BCUT2D eigenvalue weighted by Crippen LogP contribution is 2.33. The molecule has 3 heterocycles. The zero-order chi connectivity index (χ0) is 22.2. The summed E-state index contributed by atoms with van der Waals surface area (Å²) in [6.45, 7) is 1.20. The van der Waals surface area contributed by atoms with Crippen molar-refractivity contribution in [3.8, 4) is 0 Å². The quantitative estimate of drug-likeness (QED) is 0.578. The fourth-order valence-corrected chi connectivity index (χ4v) is 5.23. The highest BCUT2D eigenvalue weighted by molar-refractivity contribution is 7.22. The Morgan fingerprint density at radius 3 is 2.72 bits per heavy atom. The number of anilines is 2. The lowest BCUT2D eigenvalue weighted by molar-refractivity contribution is -0.124. The second-order valence-electron chi connectivity index (χ2n) is 8.07. The van der Waals surface area contributed by atoms with Crippen LogP contribution in [-0.4, -0.2) is 42.6 Å². The molecule has 2 amide bonds. The molecule has 0 bridgehead atoms. The average Bonchev–Trinajstić information content (AvgIpc) is 3.51. The van der Waals surface area contributed by atoms with E-state index < -0.39 is 5.92 Å². The van der Waals surface area contributed by atoms with Gasteiger partial charge in [0.2, 0.25) is 11.8 Å². The van der Waals surface area contributed by atoms with E-state index in [9.17, 15) is 18.4 Å². The fraction of sp³-hybridized carbons (Fsp3) is 0.348. The largest absolute Gasteiger partial charge is 0.376 e. The number of thiazole rings is 1. The summed E-state index contributed by atoms with van der Waals surface area (Å²) in [7, 11) is 0. The van der Waals surface area contributed by atoms with Crippen LogP contribution in [-0.2, 0) is 14.3 Å². The summed E-state index contributed by atoms with van der Waals surface area (Å²) in [5, 5.41) is 0.471. The van der Waals surface area contributed by atoms with Crippen molar-refractivity contribution in [2.45, 2.75) is 25.4 Å². The second-order valence-corrected chi connectivity index (χ2v) is 9.08. The molecule has 2 aliphatic heterocycles. The molecule has 6 nitrogen and oxygen atoms in total. The van der Waals surface area contributed by atoms with E-state index in [1.807, 2.05) is 0 Å². The lowest BCUT2D eigenvalue weighted by atomic mass is 10.1. The third-order valence-corrected chi connectivity index (χ3v) is 6.90. The van der Waals surface area contributed by atoms with Crippen molar-refractivity contribution in [1.29, 1.82) is 0 Å². The molecule has 2 aliphatic rings. The Morgan fingerprint density at radius 2 is 1.97 bits per heavy atom. The van der Waals surface area contributed by atoms with Crippen LogP contribution >= 0.6 is 11.3 Å². The molecule has 2 saturated heterocycles. The number of aromatic nitrogens is 1. The number of halogens is 2. The lowest BCUT2D eigenvalue weighted by Gasteiger charge is -2.25. The van der Waals surface area contributed by atoms with Crippen molar-refractivity contribution < 1.29 is 23.1 Å². The summed E-state index contributed by atoms with van der Waals surface area (Å²) in [4.78, 5) is 33.9. The smallest absolute Gasteiger partial charge is 0.234 e. The first-order valence-corrected chi connectivity index (χ1v) is 11.3. The first kappa shape index (κ1) is 21.0. The van der Waals surface area contributed by atoms with Gasteiger partial charge in [-0.1, -0.05) is 11.3 Å². The summed E-state index contributed by atoms with van der Waals surface area (Å²) in [5.74, 6) is -1.70. The lowest BCUT2D eigenvalue weighted by Crippen LogP contribution is -2.42. The molecule has 2 atom stereocenters. The minimum absolute atomic E-state index is 0.0672. The van der Waals surface area contributed by atoms with Crippen LogP contribution in [0, 0.1) is 17.6 Å².